The largest absolute Gasteiger partial charge is 0.346 e. The molecule has 0 aromatic heterocycles. The van der Waals surface area contributed by atoms with Crippen LogP contribution in [0.15, 0.2) is 18.2 Å². The van der Waals surface area contributed by atoms with Crippen LogP contribution in [0.4, 0.5) is 0 Å². The summed E-state index contributed by atoms with van der Waals surface area (Å²) in [6.45, 7) is 1.39. The molecule has 1 aliphatic heterocycles. The van der Waals surface area contributed by atoms with Crippen LogP contribution in [0.2, 0.25) is 10.0 Å². The van der Waals surface area contributed by atoms with E-state index in [0.29, 0.717) is 16.6 Å². The van der Waals surface area contributed by atoms with Gasteiger partial charge in [0, 0.05) is 6.54 Å². The van der Waals surface area contributed by atoms with E-state index in [4.69, 9.17) is 23.2 Å². The van der Waals surface area contributed by atoms with Crippen LogP contribution in [-0.4, -0.2) is 56.5 Å². The molecule has 2 amide bonds. The summed E-state index contributed by atoms with van der Waals surface area (Å²) in [6.07, 6.45) is 1.78. The molecule has 6 nitrogen and oxygen atoms in total. The number of amides is 2. The summed E-state index contributed by atoms with van der Waals surface area (Å²) in [5.74, 6) is -0.379. The Labute approximate surface area is 158 Å². The van der Waals surface area contributed by atoms with E-state index in [0.717, 1.165) is 24.9 Å². The average Bonchev–Trinajstić information content (AvgIpc) is 3.08. The fraction of sp³-hybridized carbons (Fsp3) is 0.529. The molecule has 1 saturated heterocycles. The maximum atomic E-state index is 12.3. The number of halogens is 2. The van der Waals surface area contributed by atoms with Crippen LogP contribution in [0.25, 0.3) is 0 Å². The molecule has 1 aromatic rings. The van der Waals surface area contributed by atoms with Gasteiger partial charge in [-0.05, 0) is 51.2 Å². The Morgan fingerprint density at radius 1 is 1.32 bits per heavy atom. The van der Waals surface area contributed by atoms with E-state index >= 15 is 0 Å². The third kappa shape index (κ3) is 6.15. The smallest absolute Gasteiger partial charge is 0.239 e. The minimum atomic E-state index is -0.251. The molecule has 0 saturated carbocycles. The van der Waals surface area contributed by atoms with Gasteiger partial charge in [0.25, 0.3) is 0 Å². The molecule has 3 N–H and O–H groups in total. The monoisotopic (exact) mass is 386 g/mol. The first kappa shape index (κ1) is 20.0. The Bertz CT molecular complexity index is 619. The van der Waals surface area contributed by atoms with Crippen molar-refractivity contribution >= 4 is 35.0 Å². The summed E-state index contributed by atoms with van der Waals surface area (Å²) < 4.78 is 0. The normalized spacial score (nSPS) is 18.2. The average molecular weight is 387 g/mol. The number of likely N-dealkylation sites (N-methyl/N-ethyl adjacent to an activating group) is 1. The summed E-state index contributed by atoms with van der Waals surface area (Å²) >= 11 is 12.0. The number of benzene rings is 1. The van der Waals surface area contributed by atoms with Crippen molar-refractivity contribution in [3.63, 3.8) is 0 Å². The molecule has 0 spiro atoms. The van der Waals surface area contributed by atoms with Crippen LogP contribution in [0.1, 0.15) is 24.4 Å². The molecule has 1 heterocycles. The van der Waals surface area contributed by atoms with Gasteiger partial charge < -0.3 is 20.9 Å². The van der Waals surface area contributed by atoms with Crippen LogP contribution in [0, 0.1) is 0 Å². The van der Waals surface area contributed by atoms with Crippen molar-refractivity contribution in [2.75, 3.05) is 33.7 Å². The molecule has 25 heavy (non-hydrogen) atoms. The molecule has 0 radical (unpaired) electrons. The lowest BCUT2D eigenvalue weighted by molar-refractivity contribution is -0.127. The minimum Gasteiger partial charge on any atom is -0.346 e. The molecule has 8 heteroatoms. The highest BCUT2D eigenvalue weighted by atomic mass is 35.5. The number of carbonyl (C=O) groups is 2. The summed E-state index contributed by atoms with van der Waals surface area (Å²) in [5.41, 5.74) is 0.861. The lowest BCUT2D eigenvalue weighted by Gasteiger charge is -2.23. The molecule has 0 bridgehead atoms. The van der Waals surface area contributed by atoms with Crippen molar-refractivity contribution < 1.29 is 9.59 Å². The molecule has 1 fully saturated rings. The predicted octanol–water partition coefficient (Wildman–Crippen LogP) is 1.58. The molecular formula is C17H24Cl2N4O2. The molecule has 2 rings (SSSR count). The number of hydrogen-bond acceptors (Lipinski definition) is 4. The van der Waals surface area contributed by atoms with Gasteiger partial charge in [0.15, 0.2) is 0 Å². The zero-order valence-electron chi connectivity index (χ0n) is 14.4. The van der Waals surface area contributed by atoms with Gasteiger partial charge in [-0.15, -0.1) is 0 Å². The first-order valence-electron chi connectivity index (χ1n) is 8.27. The Kier molecular flexibility index (Phi) is 7.50. The van der Waals surface area contributed by atoms with E-state index in [-0.39, 0.29) is 30.4 Å². The molecular weight excluding hydrogens is 363 g/mol. The summed E-state index contributed by atoms with van der Waals surface area (Å²) in [5, 5.41) is 9.64. The minimum absolute atomic E-state index is 0.0533. The highest BCUT2D eigenvalue weighted by Gasteiger charge is 2.23. The van der Waals surface area contributed by atoms with E-state index in [9.17, 15) is 9.59 Å². The van der Waals surface area contributed by atoms with E-state index in [1.54, 1.807) is 12.1 Å². The van der Waals surface area contributed by atoms with Crippen molar-refractivity contribution in [3.8, 4) is 0 Å². The fourth-order valence-corrected chi connectivity index (χ4v) is 3.08. The Hall–Kier alpha value is -1.34. The van der Waals surface area contributed by atoms with Crippen LogP contribution in [0.5, 0.6) is 0 Å². The molecule has 2 unspecified atom stereocenters. The third-order valence-electron chi connectivity index (χ3n) is 4.03. The van der Waals surface area contributed by atoms with Gasteiger partial charge in [0.1, 0.15) is 0 Å². The number of nitrogens with one attached hydrogen (secondary N) is 3. The van der Waals surface area contributed by atoms with Crippen LogP contribution in [-0.2, 0) is 9.59 Å². The zero-order valence-corrected chi connectivity index (χ0v) is 16.0. The first-order chi connectivity index (χ1) is 11.9. The molecule has 0 aliphatic carbocycles. The number of carbonyl (C=O) groups excluding carboxylic acids is 2. The van der Waals surface area contributed by atoms with E-state index in [1.165, 1.54) is 0 Å². The van der Waals surface area contributed by atoms with Crippen molar-refractivity contribution in [2.24, 2.45) is 0 Å². The van der Waals surface area contributed by atoms with Gasteiger partial charge in [-0.25, -0.2) is 0 Å². The van der Waals surface area contributed by atoms with Gasteiger partial charge in [0.2, 0.25) is 11.8 Å². The zero-order chi connectivity index (χ0) is 18.4. The second kappa shape index (κ2) is 9.38. The first-order valence-corrected chi connectivity index (χ1v) is 9.02. The highest BCUT2D eigenvalue weighted by Crippen LogP contribution is 2.26. The number of nitrogens with zero attached hydrogens (tertiary/aromatic N) is 1. The van der Waals surface area contributed by atoms with Gasteiger partial charge in [-0.3, -0.25) is 9.59 Å². The van der Waals surface area contributed by atoms with Gasteiger partial charge in [0.05, 0.1) is 28.7 Å². The van der Waals surface area contributed by atoms with E-state index in [2.05, 4.69) is 16.0 Å². The maximum absolute atomic E-state index is 12.3. The SMILES string of the molecule is CN(C)CC(NC(=O)CNC(=O)C1CCCN1)c1ccc(Cl)c(Cl)c1. The van der Waals surface area contributed by atoms with Crippen LogP contribution < -0.4 is 16.0 Å². The topological polar surface area (TPSA) is 73.5 Å². The van der Waals surface area contributed by atoms with Crippen molar-refractivity contribution in [1.82, 2.24) is 20.9 Å². The molecule has 138 valence electrons. The van der Waals surface area contributed by atoms with Crippen LogP contribution in [0.3, 0.4) is 0 Å². The van der Waals surface area contributed by atoms with Gasteiger partial charge in [-0.1, -0.05) is 29.3 Å². The van der Waals surface area contributed by atoms with Crippen molar-refractivity contribution in [2.45, 2.75) is 24.9 Å². The van der Waals surface area contributed by atoms with Gasteiger partial charge >= 0.3 is 0 Å². The Morgan fingerprint density at radius 3 is 2.68 bits per heavy atom. The Balaban J connectivity index is 1.94. The van der Waals surface area contributed by atoms with Gasteiger partial charge in [-0.2, -0.15) is 0 Å². The molecule has 2 atom stereocenters. The Morgan fingerprint density at radius 2 is 2.08 bits per heavy atom. The lowest BCUT2D eigenvalue weighted by atomic mass is 10.1. The van der Waals surface area contributed by atoms with Crippen molar-refractivity contribution in [3.05, 3.63) is 33.8 Å². The molecule has 1 aliphatic rings. The number of rotatable bonds is 7. The van der Waals surface area contributed by atoms with Crippen molar-refractivity contribution in [1.29, 1.82) is 0 Å². The number of hydrogen-bond donors (Lipinski definition) is 3. The summed E-state index contributed by atoms with van der Waals surface area (Å²) in [6, 6.07) is 4.85. The summed E-state index contributed by atoms with van der Waals surface area (Å²) in [4.78, 5) is 26.2. The second-order valence-electron chi connectivity index (χ2n) is 6.42. The molecule has 1 aromatic carbocycles. The highest BCUT2D eigenvalue weighted by molar-refractivity contribution is 6.42. The van der Waals surface area contributed by atoms with E-state index in [1.807, 2.05) is 25.1 Å². The third-order valence-corrected chi connectivity index (χ3v) is 4.77. The predicted molar refractivity (Wildman–Crippen MR) is 99.9 cm³/mol. The van der Waals surface area contributed by atoms with E-state index < -0.39 is 0 Å². The fourth-order valence-electron chi connectivity index (χ4n) is 2.77. The summed E-state index contributed by atoms with van der Waals surface area (Å²) in [7, 11) is 3.84. The lowest BCUT2D eigenvalue weighted by Crippen LogP contribution is -2.46. The van der Waals surface area contributed by atoms with Crippen LogP contribution >= 0.6 is 23.2 Å². The standard InChI is InChI=1S/C17H24Cl2N4O2/c1-23(2)10-15(11-5-6-12(18)13(19)8-11)22-16(24)9-21-17(25)14-4-3-7-20-14/h5-6,8,14-15,20H,3-4,7,9-10H2,1-2H3,(H,21,25)(H,22,24). The quantitative estimate of drug-likeness (QED) is 0.664. The maximum Gasteiger partial charge on any atom is 0.239 e. The second-order valence-corrected chi connectivity index (χ2v) is 7.24.